The summed E-state index contributed by atoms with van der Waals surface area (Å²) < 4.78 is 5.50. The summed E-state index contributed by atoms with van der Waals surface area (Å²) in [6, 6.07) is 13.4. The van der Waals surface area contributed by atoms with Crippen molar-refractivity contribution in [2.45, 2.75) is 25.4 Å². The molecule has 6 nitrogen and oxygen atoms in total. The molecule has 0 spiro atoms. The van der Waals surface area contributed by atoms with E-state index in [2.05, 4.69) is 67.2 Å². The summed E-state index contributed by atoms with van der Waals surface area (Å²) in [6.07, 6.45) is 2.26. The summed E-state index contributed by atoms with van der Waals surface area (Å²) in [5.74, 6) is 0.886. The number of para-hydroxylation sites is 1. The second-order valence-corrected chi connectivity index (χ2v) is 8.44. The second kappa shape index (κ2) is 11.8. The molecule has 0 amide bonds. The van der Waals surface area contributed by atoms with E-state index in [1.54, 1.807) is 0 Å². The lowest BCUT2D eigenvalue weighted by molar-refractivity contribution is 0.122. The van der Waals surface area contributed by atoms with Gasteiger partial charge in [-0.2, -0.15) is 0 Å². The van der Waals surface area contributed by atoms with E-state index in [0.717, 1.165) is 64.7 Å². The van der Waals surface area contributed by atoms with Crippen LogP contribution >= 0.6 is 35.3 Å². The molecule has 30 heavy (non-hydrogen) atoms. The van der Waals surface area contributed by atoms with Crippen molar-refractivity contribution in [3.63, 3.8) is 0 Å². The van der Waals surface area contributed by atoms with Crippen LogP contribution in [0.4, 0.5) is 10.7 Å². The highest BCUT2D eigenvalue weighted by Gasteiger charge is 2.21. The Labute approximate surface area is 200 Å². The number of morpholine rings is 1. The molecule has 1 aromatic carbocycles. The molecule has 1 aromatic heterocycles. The number of piperidine rings is 1. The molecule has 164 valence electrons. The molecule has 4 rings (SSSR count). The Hall–Kier alpha value is -1.52. The van der Waals surface area contributed by atoms with Crippen molar-refractivity contribution in [1.29, 1.82) is 0 Å². The minimum absolute atomic E-state index is 0. The number of hydrogen-bond donors (Lipinski definition) is 2. The Morgan fingerprint density at radius 3 is 2.53 bits per heavy atom. The lowest BCUT2D eigenvalue weighted by atomic mass is 10.1. The summed E-state index contributed by atoms with van der Waals surface area (Å²) in [5.41, 5.74) is 2.59. The number of nitrogens with zero attached hydrogens (tertiary/aromatic N) is 3. The molecule has 2 aliphatic heterocycles. The molecular weight excluding hydrogens is 509 g/mol. The number of aliphatic imine (C=N–C) groups is 1. The number of anilines is 2. The molecule has 0 atom stereocenters. The van der Waals surface area contributed by atoms with Crippen LogP contribution in [0, 0.1) is 0 Å². The van der Waals surface area contributed by atoms with Crippen LogP contribution in [0.2, 0.25) is 0 Å². The standard InChI is InChI=1S/C22H31N5OS.HI/c1-23-22(25-19-8-10-27(11-9-19)21-7-4-16-29-21)24-17-18-5-2-3-6-20(18)26-12-14-28-15-13-26;/h2-7,16,19H,8-15,17H2,1H3,(H2,23,24,25);1H. The van der Waals surface area contributed by atoms with E-state index in [1.807, 2.05) is 18.4 Å². The van der Waals surface area contributed by atoms with E-state index in [-0.39, 0.29) is 24.0 Å². The van der Waals surface area contributed by atoms with Gasteiger partial charge in [0.15, 0.2) is 5.96 Å². The van der Waals surface area contributed by atoms with Crippen LogP contribution in [0.3, 0.4) is 0 Å². The summed E-state index contributed by atoms with van der Waals surface area (Å²) >= 11 is 1.83. The van der Waals surface area contributed by atoms with Crippen LogP contribution in [0.15, 0.2) is 46.8 Å². The minimum atomic E-state index is 0. The fraction of sp³-hybridized carbons (Fsp3) is 0.500. The van der Waals surface area contributed by atoms with Gasteiger partial charge in [-0.15, -0.1) is 35.3 Å². The van der Waals surface area contributed by atoms with Crippen molar-refractivity contribution in [2.24, 2.45) is 4.99 Å². The molecule has 0 saturated carbocycles. The van der Waals surface area contributed by atoms with Crippen LogP contribution in [-0.2, 0) is 11.3 Å². The highest BCUT2D eigenvalue weighted by atomic mass is 127. The maximum atomic E-state index is 5.50. The topological polar surface area (TPSA) is 52.1 Å². The van der Waals surface area contributed by atoms with E-state index in [4.69, 9.17) is 4.74 Å². The van der Waals surface area contributed by atoms with E-state index in [9.17, 15) is 0 Å². The normalized spacial score (nSPS) is 18.1. The van der Waals surface area contributed by atoms with Crippen LogP contribution < -0.4 is 20.4 Å². The minimum Gasteiger partial charge on any atom is -0.378 e. The van der Waals surface area contributed by atoms with Gasteiger partial charge in [-0.1, -0.05) is 18.2 Å². The third-order valence-electron chi connectivity index (χ3n) is 5.67. The van der Waals surface area contributed by atoms with Crippen LogP contribution in [-0.4, -0.2) is 58.4 Å². The summed E-state index contributed by atoms with van der Waals surface area (Å²) in [7, 11) is 1.85. The van der Waals surface area contributed by atoms with Gasteiger partial charge in [0.1, 0.15) is 0 Å². The number of rotatable bonds is 5. The second-order valence-electron chi connectivity index (χ2n) is 7.51. The Morgan fingerprint density at radius 2 is 1.83 bits per heavy atom. The van der Waals surface area contributed by atoms with Gasteiger partial charge < -0.3 is 25.2 Å². The number of hydrogen-bond acceptors (Lipinski definition) is 5. The number of halogens is 1. The number of thiophene rings is 1. The fourth-order valence-electron chi connectivity index (χ4n) is 4.03. The molecule has 2 aliphatic rings. The Kier molecular flexibility index (Phi) is 9.07. The number of ether oxygens (including phenoxy) is 1. The third kappa shape index (κ3) is 6.01. The third-order valence-corrected chi connectivity index (χ3v) is 6.60. The van der Waals surface area contributed by atoms with Crippen molar-refractivity contribution in [3.05, 3.63) is 47.3 Å². The Balaban J connectivity index is 0.00000256. The van der Waals surface area contributed by atoms with Crippen LogP contribution in [0.25, 0.3) is 0 Å². The first-order valence-electron chi connectivity index (χ1n) is 10.5. The van der Waals surface area contributed by atoms with Crippen molar-refractivity contribution in [3.8, 4) is 0 Å². The molecule has 2 N–H and O–H groups in total. The molecule has 2 aromatic rings. The van der Waals surface area contributed by atoms with Crippen molar-refractivity contribution in [2.75, 3.05) is 56.2 Å². The predicted molar refractivity (Wildman–Crippen MR) is 138 cm³/mol. The van der Waals surface area contributed by atoms with Gasteiger partial charge in [-0.3, -0.25) is 4.99 Å². The zero-order chi connectivity index (χ0) is 19.9. The maximum absolute atomic E-state index is 5.50. The first-order chi connectivity index (χ1) is 14.3. The highest BCUT2D eigenvalue weighted by Crippen LogP contribution is 2.25. The average molecular weight is 542 g/mol. The van der Waals surface area contributed by atoms with E-state index >= 15 is 0 Å². The zero-order valence-electron chi connectivity index (χ0n) is 17.5. The van der Waals surface area contributed by atoms with E-state index in [1.165, 1.54) is 16.3 Å². The van der Waals surface area contributed by atoms with Gasteiger partial charge >= 0.3 is 0 Å². The van der Waals surface area contributed by atoms with Crippen molar-refractivity contribution < 1.29 is 4.74 Å². The molecular formula is C22H32IN5OS. The molecule has 0 unspecified atom stereocenters. The van der Waals surface area contributed by atoms with Crippen LogP contribution in [0.1, 0.15) is 18.4 Å². The van der Waals surface area contributed by atoms with E-state index < -0.39 is 0 Å². The summed E-state index contributed by atoms with van der Waals surface area (Å²) in [4.78, 5) is 9.36. The monoisotopic (exact) mass is 541 g/mol. The van der Waals surface area contributed by atoms with Gasteiger partial charge in [-0.05, 0) is 42.0 Å². The Bertz CT molecular complexity index is 787. The lowest BCUT2D eigenvalue weighted by Crippen LogP contribution is -2.48. The molecule has 0 aliphatic carbocycles. The van der Waals surface area contributed by atoms with Crippen molar-refractivity contribution >= 4 is 52.0 Å². The summed E-state index contributed by atoms with van der Waals surface area (Å²) in [5, 5.41) is 10.7. The molecule has 2 saturated heterocycles. The van der Waals surface area contributed by atoms with Gasteiger partial charge in [-0.25, -0.2) is 0 Å². The lowest BCUT2D eigenvalue weighted by Gasteiger charge is -2.34. The van der Waals surface area contributed by atoms with Gasteiger partial charge in [0.2, 0.25) is 0 Å². The molecule has 8 heteroatoms. The molecule has 3 heterocycles. The number of benzene rings is 1. The number of guanidine groups is 1. The first-order valence-corrected chi connectivity index (χ1v) is 11.4. The molecule has 2 fully saturated rings. The fourth-order valence-corrected chi connectivity index (χ4v) is 4.82. The first kappa shape index (κ1) is 23.1. The summed E-state index contributed by atoms with van der Waals surface area (Å²) in [6.45, 7) is 6.45. The number of nitrogens with one attached hydrogen (secondary N) is 2. The maximum Gasteiger partial charge on any atom is 0.191 e. The zero-order valence-corrected chi connectivity index (χ0v) is 20.7. The Morgan fingerprint density at radius 1 is 1.07 bits per heavy atom. The molecule has 0 bridgehead atoms. The van der Waals surface area contributed by atoms with E-state index in [0.29, 0.717) is 6.04 Å². The predicted octanol–water partition coefficient (Wildman–Crippen LogP) is 3.54. The van der Waals surface area contributed by atoms with Crippen LogP contribution in [0.5, 0.6) is 0 Å². The smallest absolute Gasteiger partial charge is 0.191 e. The SMILES string of the molecule is CN=C(NCc1ccccc1N1CCOCC1)NC1CCN(c2cccs2)CC1.I. The molecule has 0 radical (unpaired) electrons. The quantitative estimate of drug-likeness (QED) is 0.345. The highest BCUT2D eigenvalue weighted by molar-refractivity contribution is 14.0. The van der Waals surface area contributed by atoms with Gasteiger partial charge in [0.25, 0.3) is 0 Å². The van der Waals surface area contributed by atoms with Crippen molar-refractivity contribution in [1.82, 2.24) is 10.6 Å². The van der Waals surface area contributed by atoms with Gasteiger partial charge in [0, 0.05) is 51.5 Å². The average Bonchev–Trinajstić information content (AvgIpc) is 3.33. The largest absolute Gasteiger partial charge is 0.378 e. The van der Waals surface area contributed by atoms with Gasteiger partial charge in [0.05, 0.1) is 18.2 Å².